The molecule has 2 unspecified atom stereocenters. The first-order valence-electron chi connectivity index (χ1n) is 4.33. The fourth-order valence-corrected chi connectivity index (χ4v) is 1.33. The number of aliphatic hydroxyl groups excluding tert-OH is 1. The summed E-state index contributed by atoms with van der Waals surface area (Å²) >= 11 is 0. The van der Waals surface area contributed by atoms with Gasteiger partial charge in [-0.1, -0.05) is 6.07 Å². The summed E-state index contributed by atoms with van der Waals surface area (Å²) in [6, 6.07) is 5.47. The van der Waals surface area contributed by atoms with E-state index in [1.54, 1.807) is 12.3 Å². The van der Waals surface area contributed by atoms with Gasteiger partial charge in [-0.25, -0.2) is 4.98 Å². The van der Waals surface area contributed by atoms with Gasteiger partial charge in [0.2, 0.25) is 5.88 Å². The fourth-order valence-electron chi connectivity index (χ4n) is 1.33. The molecule has 0 aromatic carbocycles. The maximum atomic E-state index is 9.43. The second-order valence-corrected chi connectivity index (χ2v) is 3.05. The molecule has 0 aliphatic carbocycles. The van der Waals surface area contributed by atoms with Crippen LogP contribution in [0.1, 0.15) is 0 Å². The number of β-amino-alcohol motifs (C(OH)–C–C–N with tert-alkyl or cyclic N) is 1. The first kappa shape index (κ1) is 8.47. The highest BCUT2D eigenvalue weighted by Gasteiger charge is 2.26. The molecule has 2 atom stereocenters. The van der Waals surface area contributed by atoms with Crippen molar-refractivity contribution in [2.24, 2.45) is 0 Å². The minimum absolute atomic E-state index is 0.171. The molecule has 0 spiro atoms. The van der Waals surface area contributed by atoms with E-state index in [1.165, 1.54) is 0 Å². The second-order valence-electron chi connectivity index (χ2n) is 3.05. The summed E-state index contributed by atoms with van der Waals surface area (Å²) in [6.45, 7) is 1.27. The van der Waals surface area contributed by atoms with Gasteiger partial charge in [0, 0.05) is 25.4 Å². The predicted molar refractivity (Wildman–Crippen MR) is 47.5 cm³/mol. The fraction of sp³-hybridized carbons (Fsp3) is 0.444. The van der Waals surface area contributed by atoms with Crippen LogP contribution in [0.15, 0.2) is 24.4 Å². The lowest BCUT2D eigenvalue weighted by molar-refractivity contribution is 0.0706. The Morgan fingerprint density at radius 1 is 1.46 bits per heavy atom. The lowest BCUT2D eigenvalue weighted by Gasteiger charge is -2.14. The van der Waals surface area contributed by atoms with Gasteiger partial charge in [-0.3, -0.25) is 0 Å². The first-order valence-corrected chi connectivity index (χ1v) is 4.33. The van der Waals surface area contributed by atoms with Crippen LogP contribution >= 0.6 is 0 Å². The number of rotatable bonds is 2. The van der Waals surface area contributed by atoms with E-state index in [9.17, 15) is 5.11 Å². The molecule has 13 heavy (non-hydrogen) atoms. The van der Waals surface area contributed by atoms with Crippen LogP contribution in [0, 0.1) is 0 Å². The molecule has 70 valence electrons. The van der Waals surface area contributed by atoms with Crippen molar-refractivity contribution in [2.45, 2.75) is 12.2 Å². The van der Waals surface area contributed by atoms with Gasteiger partial charge in [0.05, 0.1) is 0 Å². The van der Waals surface area contributed by atoms with Crippen molar-refractivity contribution >= 4 is 0 Å². The maximum Gasteiger partial charge on any atom is 0.213 e. The summed E-state index contributed by atoms with van der Waals surface area (Å²) in [5, 5.41) is 12.5. The highest BCUT2D eigenvalue weighted by Crippen LogP contribution is 2.10. The molecular weight excluding hydrogens is 168 g/mol. The van der Waals surface area contributed by atoms with E-state index >= 15 is 0 Å². The predicted octanol–water partition coefficient (Wildman–Crippen LogP) is -0.207. The molecule has 2 N–H and O–H groups in total. The zero-order chi connectivity index (χ0) is 9.10. The smallest absolute Gasteiger partial charge is 0.213 e. The number of ether oxygens (including phenoxy) is 1. The summed E-state index contributed by atoms with van der Waals surface area (Å²) in [7, 11) is 0. The van der Waals surface area contributed by atoms with E-state index in [4.69, 9.17) is 4.74 Å². The van der Waals surface area contributed by atoms with Crippen LogP contribution in [0.5, 0.6) is 5.88 Å². The van der Waals surface area contributed by atoms with E-state index in [-0.39, 0.29) is 6.10 Å². The van der Waals surface area contributed by atoms with E-state index in [1.807, 2.05) is 12.1 Å². The van der Waals surface area contributed by atoms with Crippen molar-refractivity contribution in [3.8, 4) is 5.88 Å². The first-order chi connectivity index (χ1) is 6.36. The van der Waals surface area contributed by atoms with Gasteiger partial charge in [0.1, 0.15) is 12.2 Å². The van der Waals surface area contributed by atoms with Crippen LogP contribution in [-0.4, -0.2) is 35.4 Å². The summed E-state index contributed by atoms with van der Waals surface area (Å²) < 4.78 is 5.46. The number of hydrogen-bond donors (Lipinski definition) is 2. The van der Waals surface area contributed by atoms with E-state index in [0.29, 0.717) is 19.0 Å². The van der Waals surface area contributed by atoms with Crippen molar-refractivity contribution in [3.63, 3.8) is 0 Å². The third kappa shape index (κ3) is 1.96. The number of aliphatic hydroxyl groups is 1. The van der Waals surface area contributed by atoms with Crippen molar-refractivity contribution in [3.05, 3.63) is 24.4 Å². The molecule has 1 aliphatic rings. The molecule has 1 aromatic rings. The Morgan fingerprint density at radius 2 is 2.38 bits per heavy atom. The molecule has 0 radical (unpaired) electrons. The number of nitrogens with zero attached hydrogens (tertiary/aromatic N) is 1. The number of aromatic nitrogens is 1. The Balaban J connectivity index is 1.98. The van der Waals surface area contributed by atoms with Crippen LogP contribution in [0.3, 0.4) is 0 Å². The summed E-state index contributed by atoms with van der Waals surface area (Å²) in [5.74, 6) is 0.565. The molecule has 0 saturated carbocycles. The highest BCUT2D eigenvalue weighted by molar-refractivity contribution is 5.10. The topological polar surface area (TPSA) is 54.4 Å². The molecule has 1 saturated heterocycles. The molecule has 2 heterocycles. The normalized spacial score (nSPS) is 27.5. The molecule has 4 nitrogen and oxygen atoms in total. The van der Waals surface area contributed by atoms with E-state index < -0.39 is 6.10 Å². The average Bonchev–Trinajstić information content (AvgIpc) is 2.54. The quantitative estimate of drug-likeness (QED) is 0.661. The molecule has 1 fully saturated rings. The Labute approximate surface area is 76.6 Å². The van der Waals surface area contributed by atoms with Crippen LogP contribution in [0.4, 0.5) is 0 Å². The Kier molecular flexibility index (Phi) is 2.42. The molecule has 1 aromatic heterocycles. The van der Waals surface area contributed by atoms with Crippen molar-refractivity contribution in [2.75, 3.05) is 13.1 Å². The monoisotopic (exact) mass is 180 g/mol. The Morgan fingerprint density at radius 3 is 3.00 bits per heavy atom. The van der Waals surface area contributed by atoms with E-state index in [2.05, 4.69) is 10.3 Å². The standard InChI is InChI=1S/C9H12N2O2/c12-7-5-10-6-8(7)13-9-3-1-2-4-11-9/h1-4,7-8,10,12H,5-6H2. The summed E-state index contributed by atoms with van der Waals surface area (Å²) in [5.41, 5.74) is 0. The van der Waals surface area contributed by atoms with Gasteiger partial charge in [-0.2, -0.15) is 0 Å². The van der Waals surface area contributed by atoms with Gasteiger partial charge < -0.3 is 15.2 Å². The average molecular weight is 180 g/mol. The molecular formula is C9H12N2O2. The summed E-state index contributed by atoms with van der Waals surface area (Å²) in [4.78, 5) is 4.02. The minimum atomic E-state index is -0.429. The maximum absolute atomic E-state index is 9.43. The van der Waals surface area contributed by atoms with Crippen molar-refractivity contribution in [1.29, 1.82) is 0 Å². The van der Waals surface area contributed by atoms with Gasteiger partial charge in [0.25, 0.3) is 0 Å². The lowest BCUT2D eigenvalue weighted by atomic mass is 10.3. The van der Waals surface area contributed by atoms with E-state index in [0.717, 1.165) is 0 Å². The number of pyridine rings is 1. The Hall–Kier alpha value is -1.13. The second kappa shape index (κ2) is 3.72. The zero-order valence-corrected chi connectivity index (χ0v) is 7.18. The van der Waals surface area contributed by atoms with Crippen LogP contribution in [-0.2, 0) is 0 Å². The van der Waals surface area contributed by atoms with Crippen molar-refractivity contribution < 1.29 is 9.84 Å². The zero-order valence-electron chi connectivity index (χ0n) is 7.18. The summed E-state index contributed by atoms with van der Waals surface area (Å²) in [6.07, 6.45) is 1.07. The van der Waals surface area contributed by atoms with Crippen LogP contribution in [0.25, 0.3) is 0 Å². The van der Waals surface area contributed by atoms with Crippen molar-refractivity contribution in [1.82, 2.24) is 10.3 Å². The third-order valence-corrected chi connectivity index (χ3v) is 2.04. The molecule has 0 amide bonds. The molecule has 2 rings (SSSR count). The number of nitrogens with one attached hydrogen (secondary N) is 1. The molecule has 0 bridgehead atoms. The lowest BCUT2D eigenvalue weighted by Crippen LogP contribution is -2.30. The van der Waals surface area contributed by atoms with Gasteiger partial charge in [-0.15, -0.1) is 0 Å². The Bertz CT molecular complexity index is 266. The highest BCUT2D eigenvalue weighted by atomic mass is 16.5. The third-order valence-electron chi connectivity index (χ3n) is 2.04. The molecule has 4 heteroatoms. The minimum Gasteiger partial charge on any atom is -0.470 e. The largest absolute Gasteiger partial charge is 0.470 e. The van der Waals surface area contributed by atoms with Crippen LogP contribution in [0.2, 0.25) is 0 Å². The van der Waals surface area contributed by atoms with Gasteiger partial charge in [-0.05, 0) is 6.07 Å². The number of hydrogen-bond acceptors (Lipinski definition) is 4. The van der Waals surface area contributed by atoms with Gasteiger partial charge >= 0.3 is 0 Å². The van der Waals surface area contributed by atoms with Crippen LogP contribution < -0.4 is 10.1 Å². The SMILES string of the molecule is OC1CNCC1Oc1ccccn1. The molecule has 1 aliphatic heterocycles. The van der Waals surface area contributed by atoms with Gasteiger partial charge in [0.15, 0.2) is 0 Å².